The highest BCUT2D eigenvalue weighted by Gasteiger charge is 2.24. The lowest BCUT2D eigenvalue weighted by molar-refractivity contribution is 0.443. The molecule has 1 aromatic carbocycles. The summed E-state index contributed by atoms with van der Waals surface area (Å²) < 4.78 is 0. The number of rotatable bonds is 2. The number of phenolic OH excluding ortho intramolecular Hbond substituents is 1. The topological polar surface area (TPSA) is 72.3 Å². The zero-order chi connectivity index (χ0) is 15.7. The van der Waals surface area contributed by atoms with Gasteiger partial charge in [-0.15, -0.1) is 0 Å². The lowest BCUT2D eigenvalue weighted by Gasteiger charge is -2.27. The summed E-state index contributed by atoms with van der Waals surface area (Å²) in [4.78, 5) is 0. The Bertz CT molecular complexity index is 517. The molecule has 0 radical (unpaired) electrons. The second-order valence-electron chi connectivity index (χ2n) is 7.39. The van der Waals surface area contributed by atoms with E-state index in [4.69, 9.17) is 11.5 Å². The van der Waals surface area contributed by atoms with Gasteiger partial charge in [0, 0.05) is 23.4 Å². The van der Waals surface area contributed by atoms with Crippen molar-refractivity contribution in [2.24, 2.45) is 11.5 Å². The van der Waals surface area contributed by atoms with E-state index < -0.39 is 0 Å². The van der Waals surface area contributed by atoms with Crippen molar-refractivity contribution in [2.45, 2.75) is 52.4 Å². The molecule has 0 atom stereocenters. The van der Waals surface area contributed by atoms with Crippen LogP contribution in [0.2, 0.25) is 0 Å². The Hall–Kier alpha value is -1.48. The van der Waals surface area contributed by atoms with Crippen LogP contribution >= 0.6 is 0 Å². The van der Waals surface area contributed by atoms with E-state index in [0.717, 1.165) is 11.1 Å². The van der Waals surface area contributed by atoms with Crippen LogP contribution in [0.5, 0.6) is 5.75 Å². The first-order valence-corrected chi connectivity index (χ1v) is 7.01. The molecule has 112 valence electrons. The molecule has 0 aliphatic rings. The third kappa shape index (κ3) is 3.76. The Labute approximate surface area is 122 Å². The van der Waals surface area contributed by atoms with Gasteiger partial charge in [-0.3, -0.25) is 0 Å². The molecule has 0 spiro atoms. The van der Waals surface area contributed by atoms with Gasteiger partial charge in [0.05, 0.1) is 0 Å². The number of hydrogen-bond donors (Lipinski definition) is 3. The second kappa shape index (κ2) is 5.49. The van der Waals surface area contributed by atoms with Crippen LogP contribution in [0.25, 0.3) is 6.08 Å². The Morgan fingerprint density at radius 1 is 1.10 bits per heavy atom. The van der Waals surface area contributed by atoms with Gasteiger partial charge in [-0.25, -0.2) is 0 Å². The van der Waals surface area contributed by atoms with Crippen LogP contribution in [0.15, 0.2) is 17.8 Å². The summed E-state index contributed by atoms with van der Waals surface area (Å²) in [7, 11) is 0. The van der Waals surface area contributed by atoms with Crippen molar-refractivity contribution in [1.29, 1.82) is 0 Å². The van der Waals surface area contributed by atoms with Crippen LogP contribution in [-0.4, -0.2) is 11.7 Å². The summed E-state index contributed by atoms with van der Waals surface area (Å²) in [6.07, 6.45) is 1.76. The summed E-state index contributed by atoms with van der Waals surface area (Å²) >= 11 is 0. The predicted molar refractivity (Wildman–Crippen MR) is 86.7 cm³/mol. The first-order valence-electron chi connectivity index (χ1n) is 7.01. The fourth-order valence-corrected chi connectivity index (χ4v) is 2.03. The summed E-state index contributed by atoms with van der Waals surface area (Å²) in [6, 6.07) is 4.08. The first-order chi connectivity index (χ1) is 8.96. The minimum atomic E-state index is -0.134. The maximum Gasteiger partial charge on any atom is 0.126 e. The lowest BCUT2D eigenvalue weighted by atomic mass is 9.79. The Morgan fingerprint density at radius 2 is 1.65 bits per heavy atom. The van der Waals surface area contributed by atoms with Crippen molar-refractivity contribution in [3.63, 3.8) is 0 Å². The van der Waals surface area contributed by atoms with Crippen LogP contribution in [0.4, 0.5) is 0 Å². The molecular weight excluding hydrogens is 248 g/mol. The molecule has 0 bridgehead atoms. The largest absolute Gasteiger partial charge is 0.507 e. The summed E-state index contributed by atoms with van der Waals surface area (Å²) in [5.74, 6) is 0.293. The van der Waals surface area contributed by atoms with Gasteiger partial charge in [0.1, 0.15) is 5.75 Å². The quantitative estimate of drug-likeness (QED) is 0.776. The molecule has 0 aromatic heterocycles. The smallest absolute Gasteiger partial charge is 0.126 e. The molecule has 1 aromatic rings. The average Bonchev–Trinajstić information content (AvgIpc) is 2.28. The highest BCUT2D eigenvalue weighted by molar-refractivity contribution is 5.64. The van der Waals surface area contributed by atoms with Crippen molar-refractivity contribution in [1.82, 2.24) is 0 Å². The van der Waals surface area contributed by atoms with Crippen LogP contribution < -0.4 is 11.5 Å². The number of hydrogen-bond acceptors (Lipinski definition) is 3. The molecule has 0 saturated carbocycles. The molecule has 0 aliphatic carbocycles. The highest BCUT2D eigenvalue weighted by Crippen LogP contribution is 2.38. The zero-order valence-electron chi connectivity index (χ0n) is 13.5. The number of benzene rings is 1. The molecule has 20 heavy (non-hydrogen) atoms. The fraction of sp³-hybridized carbons (Fsp3) is 0.529. The van der Waals surface area contributed by atoms with E-state index in [9.17, 15) is 5.11 Å². The highest BCUT2D eigenvalue weighted by atomic mass is 16.3. The number of nitrogens with two attached hydrogens (primary N) is 2. The molecule has 3 heteroatoms. The summed E-state index contributed by atoms with van der Waals surface area (Å²) in [6.45, 7) is 13.0. The predicted octanol–water partition coefficient (Wildman–Crippen LogP) is 3.25. The monoisotopic (exact) mass is 276 g/mol. The van der Waals surface area contributed by atoms with Crippen molar-refractivity contribution in [2.75, 3.05) is 6.54 Å². The van der Waals surface area contributed by atoms with Crippen LogP contribution in [0.1, 0.15) is 58.2 Å². The third-order valence-corrected chi connectivity index (χ3v) is 3.39. The summed E-state index contributed by atoms with van der Waals surface area (Å²) in [5.41, 5.74) is 14.6. The molecule has 5 N–H and O–H groups in total. The van der Waals surface area contributed by atoms with E-state index in [1.807, 2.05) is 6.07 Å². The fourth-order valence-electron chi connectivity index (χ4n) is 2.03. The van der Waals surface area contributed by atoms with E-state index >= 15 is 0 Å². The van der Waals surface area contributed by atoms with E-state index in [2.05, 4.69) is 47.6 Å². The van der Waals surface area contributed by atoms with Crippen LogP contribution in [0.3, 0.4) is 0 Å². The first kappa shape index (κ1) is 16.6. The minimum absolute atomic E-state index is 0.00770. The van der Waals surface area contributed by atoms with Gasteiger partial charge in [0.25, 0.3) is 0 Å². The van der Waals surface area contributed by atoms with Crippen LogP contribution in [-0.2, 0) is 10.8 Å². The summed E-state index contributed by atoms with van der Waals surface area (Å²) in [5, 5.41) is 10.5. The van der Waals surface area contributed by atoms with Gasteiger partial charge in [-0.2, -0.15) is 0 Å². The molecule has 0 fully saturated rings. The maximum absolute atomic E-state index is 10.5. The van der Waals surface area contributed by atoms with E-state index in [-0.39, 0.29) is 17.4 Å². The average molecular weight is 276 g/mol. The van der Waals surface area contributed by atoms with E-state index in [0.29, 0.717) is 11.4 Å². The molecule has 0 unspecified atom stereocenters. The van der Waals surface area contributed by atoms with Gasteiger partial charge in [-0.05, 0) is 28.5 Å². The van der Waals surface area contributed by atoms with Crippen molar-refractivity contribution in [3.05, 3.63) is 34.5 Å². The molecule has 3 nitrogen and oxygen atoms in total. The molecule has 0 aliphatic heterocycles. The van der Waals surface area contributed by atoms with Gasteiger partial charge < -0.3 is 16.6 Å². The maximum atomic E-state index is 10.5. The molecular formula is C17H28N2O. The molecule has 1 rings (SSSR count). The molecule has 0 saturated heterocycles. The van der Waals surface area contributed by atoms with Gasteiger partial charge in [0.15, 0.2) is 0 Å². The number of phenols is 1. The standard InChI is InChI=1S/C17H28N2O/c1-16(2,3)12-7-11(8-13(19)10-18)15(20)14(9-12)17(4,5)6/h7-9,20H,10,18-19H2,1-6H3. The second-order valence-corrected chi connectivity index (χ2v) is 7.39. The zero-order valence-corrected chi connectivity index (χ0v) is 13.5. The van der Waals surface area contributed by atoms with E-state index in [1.54, 1.807) is 6.08 Å². The van der Waals surface area contributed by atoms with Gasteiger partial charge in [-0.1, -0.05) is 47.6 Å². The molecule has 0 heterocycles. The lowest BCUT2D eigenvalue weighted by Crippen LogP contribution is -2.17. The van der Waals surface area contributed by atoms with Crippen LogP contribution in [0, 0.1) is 0 Å². The minimum Gasteiger partial charge on any atom is -0.507 e. The molecule has 0 amide bonds. The van der Waals surface area contributed by atoms with Gasteiger partial charge >= 0.3 is 0 Å². The van der Waals surface area contributed by atoms with Crippen molar-refractivity contribution >= 4 is 6.08 Å². The van der Waals surface area contributed by atoms with Crippen molar-refractivity contribution in [3.8, 4) is 5.75 Å². The Kier molecular flexibility index (Phi) is 4.55. The van der Waals surface area contributed by atoms with Gasteiger partial charge in [0.2, 0.25) is 0 Å². The normalized spacial score (nSPS) is 13.7. The third-order valence-electron chi connectivity index (χ3n) is 3.39. The Morgan fingerprint density at radius 3 is 2.05 bits per heavy atom. The van der Waals surface area contributed by atoms with E-state index in [1.165, 1.54) is 5.56 Å². The number of aromatic hydroxyl groups is 1. The van der Waals surface area contributed by atoms with Crippen molar-refractivity contribution < 1.29 is 5.11 Å². The Balaban J connectivity index is 3.60. The SMILES string of the molecule is CC(C)(C)c1cc(C=C(N)CN)c(O)c(C(C)(C)C)c1.